The number of carbonyl (C=O) groups is 1. The number of carboxylic acids is 1. The minimum absolute atomic E-state index is 0.00218. The molecule has 6 nitrogen and oxygen atoms in total. The zero-order valence-electron chi connectivity index (χ0n) is 15.0. The lowest BCUT2D eigenvalue weighted by molar-refractivity contribution is 0.0697. The molecule has 0 amide bonds. The van der Waals surface area contributed by atoms with Gasteiger partial charge in [-0.05, 0) is 48.5 Å². The van der Waals surface area contributed by atoms with E-state index in [-0.39, 0.29) is 10.6 Å². The number of hydrogen-bond acceptors (Lipinski definition) is 4. The first-order valence-corrected chi connectivity index (χ1v) is 9.06. The van der Waals surface area contributed by atoms with Crippen LogP contribution in [0, 0.1) is 11.3 Å². The smallest absolute Gasteiger partial charge is 0.337 e. The minimum Gasteiger partial charge on any atom is -0.478 e. The Balaban J connectivity index is 1.62. The van der Waals surface area contributed by atoms with Crippen molar-refractivity contribution >= 4 is 34.7 Å². The second-order valence-electron chi connectivity index (χ2n) is 6.34. The Morgan fingerprint density at radius 1 is 1.24 bits per heavy atom. The summed E-state index contributed by atoms with van der Waals surface area (Å²) in [6.45, 7) is 0.358. The van der Waals surface area contributed by atoms with E-state index in [9.17, 15) is 15.2 Å². The summed E-state index contributed by atoms with van der Waals surface area (Å²) in [7, 11) is 0. The van der Waals surface area contributed by atoms with Crippen LogP contribution in [0.2, 0.25) is 5.02 Å². The summed E-state index contributed by atoms with van der Waals surface area (Å²) in [4.78, 5) is 15.6. The second-order valence-corrected chi connectivity index (χ2v) is 6.75. The van der Waals surface area contributed by atoms with E-state index in [1.807, 2.05) is 28.8 Å². The van der Waals surface area contributed by atoms with Crippen molar-refractivity contribution in [1.29, 1.82) is 5.26 Å². The van der Waals surface area contributed by atoms with Crippen LogP contribution in [0.3, 0.4) is 0 Å². The van der Waals surface area contributed by atoms with E-state index in [1.54, 1.807) is 30.6 Å². The average molecular weight is 404 g/mol. The standard InChI is InChI=1S/C22H14ClN3O3/c23-18-7-5-15(10-17(18)22(27)28)21-8-6-16(29-21)9-14(11-24)12-26-13-25-19-3-1-2-4-20(19)26/h1-10,13H,12H2,(H,27,28)/b14-9-. The lowest BCUT2D eigenvalue weighted by Gasteiger charge is -2.03. The van der Waals surface area contributed by atoms with Gasteiger partial charge >= 0.3 is 5.97 Å². The number of benzene rings is 2. The average Bonchev–Trinajstić information content (AvgIpc) is 3.35. The van der Waals surface area contributed by atoms with Gasteiger partial charge in [-0.15, -0.1) is 0 Å². The number of carboxylic acid groups (broad SMARTS) is 1. The molecule has 29 heavy (non-hydrogen) atoms. The highest BCUT2D eigenvalue weighted by atomic mass is 35.5. The van der Waals surface area contributed by atoms with Crippen LogP contribution in [-0.2, 0) is 6.54 Å². The van der Waals surface area contributed by atoms with Crippen LogP contribution < -0.4 is 0 Å². The Morgan fingerprint density at radius 3 is 2.86 bits per heavy atom. The number of furan rings is 1. The molecule has 4 rings (SSSR count). The number of nitrogens with zero attached hydrogens (tertiary/aromatic N) is 3. The van der Waals surface area contributed by atoms with Crippen LogP contribution in [0.15, 0.2) is 70.9 Å². The van der Waals surface area contributed by atoms with Gasteiger partial charge in [0.15, 0.2) is 0 Å². The van der Waals surface area contributed by atoms with E-state index in [1.165, 1.54) is 12.1 Å². The van der Waals surface area contributed by atoms with Crippen molar-refractivity contribution < 1.29 is 14.3 Å². The first-order chi connectivity index (χ1) is 14.0. The van der Waals surface area contributed by atoms with Crippen LogP contribution >= 0.6 is 11.6 Å². The van der Waals surface area contributed by atoms with Crippen molar-refractivity contribution in [3.63, 3.8) is 0 Å². The summed E-state index contributed by atoms with van der Waals surface area (Å²) in [5.74, 6) is -0.128. The number of aromatic nitrogens is 2. The SMILES string of the molecule is N#C/C(=C/c1ccc(-c2ccc(Cl)c(C(=O)O)c2)o1)Cn1cnc2ccccc21. The molecule has 0 aliphatic carbocycles. The summed E-state index contributed by atoms with van der Waals surface area (Å²) in [6, 6.07) is 18.0. The molecule has 2 heterocycles. The molecule has 0 bridgehead atoms. The van der Waals surface area contributed by atoms with Crippen molar-refractivity contribution in [2.45, 2.75) is 6.54 Å². The molecule has 0 radical (unpaired) electrons. The molecule has 0 saturated heterocycles. The number of hydrogen-bond donors (Lipinski definition) is 1. The Morgan fingerprint density at radius 2 is 2.07 bits per heavy atom. The molecule has 7 heteroatoms. The predicted octanol–water partition coefficient (Wildman–Crippen LogP) is 5.26. The summed E-state index contributed by atoms with van der Waals surface area (Å²) in [5.41, 5.74) is 2.89. The summed E-state index contributed by atoms with van der Waals surface area (Å²) in [5, 5.41) is 18.9. The van der Waals surface area contributed by atoms with Crippen molar-refractivity contribution in [3.8, 4) is 17.4 Å². The van der Waals surface area contributed by atoms with Crippen LogP contribution in [0.1, 0.15) is 16.1 Å². The van der Waals surface area contributed by atoms with E-state index in [0.29, 0.717) is 29.2 Å². The molecule has 142 valence electrons. The number of rotatable bonds is 5. The Bertz CT molecular complexity index is 1290. The van der Waals surface area contributed by atoms with E-state index in [4.69, 9.17) is 16.0 Å². The number of allylic oxidation sites excluding steroid dienone is 1. The molecule has 0 aliphatic heterocycles. The fraction of sp³-hybridized carbons (Fsp3) is 0.0455. The molecular weight excluding hydrogens is 390 g/mol. The molecule has 0 unspecified atom stereocenters. The first kappa shape index (κ1) is 18.5. The van der Waals surface area contributed by atoms with Gasteiger partial charge in [0.05, 0.1) is 46.1 Å². The van der Waals surface area contributed by atoms with Crippen molar-refractivity contribution in [2.75, 3.05) is 0 Å². The van der Waals surface area contributed by atoms with Crippen molar-refractivity contribution in [2.24, 2.45) is 0 Å². The number of nitriles is 1. The third kappa shape index (κ3) is 3.77. The molecule has 0 atom stereocenters. The van der Waals surface area contributed by atoms with E-state index in [2.05, 4.69) is 11.1 Å². The largest absolute Gasteiger partial charge is 0.478 e. The van der Waals surface area contributed by atoms with Crippen molar-refractivity contribution in [1.82, 2.24) is 9.55 Å². The van der Waals surface area contributed by atoms with Gasteiger partial charge in [0.25, 0.3) is 0 Å². The van der Waals surface area contributed by atoms with Gasteiger partial charge in [-0.2, -0.15) is 5.26 Å². The molecule has 0 fully saturated rings. The highest BCUT2D eigenvalue weighted by Crippen LogP contribution is 2.28. The van der Waals surface area contributed by atoms with E-state index in [0.717, 1.165) is 11.0 Å². The first-order valence-electron chi connectivity index (χ1n) is 8.69. The quantitative estimate of drug-likeness (QED) is 0.459. The van der Waals surface area contributed by atoms with Gasteiger partial charge in [0.1, 0.15) is 11.5 Å². The molecule has 0 saturated carbocycles. The summed E-state index contributed by atoms with van der Waals surface area (Å²) >= 11 is 5.92. The Kier molecular flexibility index (Phi) is 4.90. The van der Waals surface area contributed by atoms with Gasteiger partial charge in [-0.25, -0.2) is 9.78 Å². The highest BCUT2D eigenvalue weighted by Gasteiger charge is 2.12. The van der Waals surface area contributed by atoms with Gasteiger partial charge in [0.2, 0.25) is 0 Å². The maximum absolute atomic E-state index is 11.3. The third-order valence-electron chi connectivity index (χ3n) is 4.44. The lowest BCUT2D eigenvalue weighted by Crippen LogP contribution is -1.98. The molecule has 4 aromatic rings. The normalized spacial score (nSPS) is 11.5. The Labute approximate surface area is 170 Å². The maximum atomic E-state index is 11.3. The van der Waals surface area contributed by atoms with Gasteiger partial charge in [-0.3, -0.25) is 0 Å². The van der Waals surface area contributed by atoms with Crippen molar-refractivity contribution in [3.05, 3.63) is 82.8 Å². The number of aromatic carboxylic acids is 1. The van der Waals surface area contributed by atoms with Gasteiger partial charge in [0, 0.05) is 5.56 Å². The zero-order valence-corrected chi connectivity index (χ0v) is 15.8. The van der Waals surface area contributed by atoms with Crippen LogP contribution in [-0.4, -0.2) is 20.6 Å². The molecule has 1 N–H and O–H groups in total. The molecule has 0 spiro atoms. The molecule has 2 aromatic carbocycles. The molecule has 2 aromatic heterocycles. The second kappa shape index (κ2) is 7.66. The molecule has 0 aliphatic rings. The van der Waals surface area contributed by atoms with Gasteiger partial charge < -0.3 is 14.1 Å². The summed E-state index contributed by atoms with van der Waals surface area (Å²) in [6.07, 6.45) is 3.36. The van der Waals surface area contributed by atoms with E-state index < -0.39 is 5.97 Å². The predicted molar refractivity (Wildman–Crippen MR) is 109 cm³/mol. The van der Waals surface area contributed by atoms with Crippen LogP contribution in [0.4, 0.5) is 0 Å². The minimum atomic E-state index is -1.11. The lowest BCUT2D eigenvalue weighted by atomic mass is 10.1. The number of halogens is 1. The van der Waals surface area contributed by atoms with Crippen LogP contribution in [0.5, 0.6) is 0 Å². The third-order valence-corrected chi connectivity index (χ3v) is 4.77. The fourth-order valence-electron chi connectivity index (χ4n) is 3.03. The number of fused-ring (bicyclic) bond motifs is 1. The zero-order chi connectivity index (χ0) is 20.4. The topological polar surface area (TPSA) is 92.0 Å². The van der Waals surface area contributed by atoms with Crippen LogP contribution in [0.25, 0.3) is 28.4 Å². The summed E-state index contributed by atoms with van der Waals surface area (Å²) < 4.78 is 7.69. The number of imidazole rings is 1. The van der Waals surface area contributed by atoms with E-state index >= 15 is 0 Å². The monoisotopic (exact) mass is 403 g/mol. The maximum Gasteiger partial charge on any atom is 0.337 e. The van der Waals surface area contributed by atoms with Gasteiger partial charge in [-0.1, -0.05) is 23.7 Å². The molecular formula is C22H14ClN3O3. The fourth-order valence-corrected chi connectivity index (χ4v) is 3.23. The Hall–Kier alpha value is -3.82. The highest BCUT2D eigenvalue weighted by molar-refractivity contribution is 6.33. The number of para-hydroxylation sites is 2.